The summed E-state index contributed by atoms with van der Waals surface area (Å²) in [6.07, 6.45) is -1.42. The van der Waals surface area contributed by atoms with Crippen LogP contribution in [0.4, 0.5) is 23.7 Å². The van der Waals surface area contributed by atoms with E-state index in [9.17, 15) is 23.1 Å². The van der Waals surface area contributed by atoms with Crippen LogP contribution in [0.5, 0.6) is 0 Å². The Morgan fingerprint density at radius 3 is 2.60 bits per heavy atom. The fourth-order valence-corrected chi connectivity index (χ4v) is 2.68. The normalized spacial score (nSPS) is 17.0. The van der Waals surface area contributed by atoms with E-state index in [1.165, 1.54) is 18.4 Å². The van der Waals surface area contributed by atoms with Gasteiger partial charge in [0.15, 0.2) is 0 Å². The Kier molecular flexibility index (Phi) is 4.47. The second-order valence-electron chi connectivity index (χ2n) is 6.06. The number of furan rings is 1. The smallest absolute Gasteiger partial charge is 0.416 e. The Morgan fingerprint density at radius 2 is 2.00 bits per heavy atom. The van der Waals surface area contributed by atoms with Crippen LogP contribution in [0.15, 0.2) is 47.1 Å². The number of carbonyl (C=O) groups excluding carboxylic acids is 1. The fraction of sp³-hybridized carbons (Fsp3) is 0.353. The van der Waals surface area contributed by atoms with Gasteiger partial charge in [-0.2, -0.15) is 13.2 Å². The van der Waals surface area contributed by atoms with Gasteiger partial charge in [-0.05, 0) is 49.1 Å². The molecule has 0 saturated heterocycles. The number of alkyl halides is 3. The van der Waals surface area contributed by atoms with Crippen molar-refractivity contribution < 1.29 is 27.5 Å². The number of urea groups is 1. The summed E-state index contributed by atoms with van der Waals surface area (Å²) in [5.41, 5.74) is -2.16. The molecule has 134 valence electrons. The van der Waals surface area contributed by atoms with Crippen LogP contribution in [-0.4, -0.2) is 17.7 Å². The molecule has 1 heterocycles. The lowest BCUT2D eigenvalue weighted by Crippen LogP contribution is -2.43. The Morgan fingerprint density at radius 1 is 1.24 bits per heavy atom. The Bertz CT molecular complexity index is 742. The predicted octanol–water partition coefficient (Wildman–Crippen LogP) is 3.72. The van der Waals surface area contributed by atoms with E-state index in [0.717, 1.165) is 25.0 Å². The molecular weight excluding hydrogens is 337 g/mol. The molecule has 1 fully saturated rings. The molecule has 3 rings (SSSR count). The molecule has 1 saturated carbocycles. The minimum absolute atomic E-state index is 0.0142. The summed E-state index contributed by atoms with van der Waals surface area (Å²) < 4.78 is 43.3. The van der Waals surface area contributed by atoms with E-state index in [-0.39, 0.29) is 18.2 Å². The van der Waals surface area contributed by atoms with Crippen molar-refractivity contribution in [1.82, 2.24) is 5.32 Å². The van der Waals surface area contributed by atoms with Crippen molar-refractivity contribution in [1.29, 1.82) is 0 Å². The molecular formula is C17H17F3N2O3. The van der Waals surface area contributed by atoms with Gasteiger partial charge in [0.2, 0.25) is 0 Å². The van der Waals surface area contributed by atoms with E-state index in [2.05, 4.69) is 10.6 Å². The number of rotatable bonds is 5. The van der Waals surface area contributed by atoms with Crippen LogP contribution < -0.4 is 10.6 Å². The van der Waals surface area contributed by atoms with E-state index in [4.69, 9.17) is 4.42 Å². The molecule has 8 heteroatoms. The number of nitrogens with one attached hydrogen (secondary N) is 2. The summed E-state index contributed by atoms with van der Waals surface area (Å²) >= 11 is 0. The molecule has 1 unspecified atom stereocenters. The van der Waals surface area contributed by atoms with Crippen molar-refractivity contribution in [3.63, 3.8) is 0 Å². The summed E-state index contributed by atoms with van der Waals surface area (Å²) in [4.78, 5) is 12.0. The van der Waals surface area contributed by atoms with E-state index in [1.54, 1.807) is 12.1 Å². The number of carbonyl (C=O) groups is 1. The first-order valence-electron chi connectivity index (χ1n) is 7.77. The average Bonchev–Trinajstić information content (AvgIpc) is 3.27. The van der Waals surface area contributed by atoms with Crippen molar-refractivity contribution in [2.75, 3.05) is 11.9 Å². The van der Waals surface area contributed by atoms with Crippen LogP contribution in [0.1, 0.15) is 24.2 Å². The quantitative estimate of drug-likeness (QED) is 0.766. The number of anilines is 1. The summed E-state index contributed by atoms with van der Waals surface area (Å²) in [7, 11) is 0. The van der Waals surface area contributed by atoms with Gasteiger partial charge in [-0.25, -0.2) is 4.79 Å². The van der Waals surface area contributed by atoms with E-state index in [0.29, 0.717) is 5.76 Å². The lowest BCUT2D eigenvalue weighted by molar-refractivity contribution is -0.137. The Hall–Kier alpha value is -2.48. The minimum atomic E-state index is -4.49. The molecule has 2 aromatic rings. The summed E-state index contributed by atoms with van der Waals surface area (Å²) in [6.45, 7) is -0.101. The van der Waals surface area contributed by atoms with Crippen molar-refractivity contribution in [3.05, 3.63) is 54.0 Å². The van der Waals surface area contributed by atoms with Gasteiger partial charge in [0, 0.05) is 5.69 Å². The summed E-state index contributed by atoms with van der Waals surface area (Å²) in [6, 6.07) is 6.90. The second-order valence-corrected chi connectivity index (χ2v) is 6.06. The Balaban J connectivity index is 1.63. The lowest BCUT2D eigenvalue weighted by atomic mass is 9.94. The molecule has 0 bridgehead atoms. The molecule has 0 aliphatic heterocycles. The molecule has 1 aliphatic rings. The highest BCUT2D eigenvalue weighted by Gasteiger charge is 2.47. The van der Waals surface area contributed by atoms with E-state index >= 15 is 0 Å². The third kappa shape index (κ3) is 3.96. The highest BCUT2D eigenvalue weighted by molar-refractivity contribution is 5.89. The highest BCUT2D eigenvalue weighted by atomic mass is 19.4. The van der Waals surface area contributed by atoms with Crippen molar-refractivity contribution in [3.8, 4) is 0 Å². The fourth-order valence-electron chi connectivity index (χ4n) is 2.68. The number of amides is 2. The average molecular weight is 354 g/mol. The third-order valence-corrected chi connectivity index (χ3v) is 4.17. The largest absolute Gasteiger partial charge is 0.466 e. The van der Waals surface area contributed by atoms with Gasteiger partial charge >= 0.3 is 12.2 Å². The highest BCUT2D eigenvalue weighted by Crippen LogP contribution is 2.45. The summed E-state index contributed by atoms with van der Waals surface area (Å²) in [5, 5.41) is 15.6. The molecule has 25 heavy (non-hydrogen) atoms. The first-order chi connectivity index (χ1) is 11.8. The maximum Gasteiger partial charge on any atom is 0.416 e. The molecule has 5 nitrogen and oxygen atoms in total. The van der Waals surface area contributed by atoms with Gasteiger partial charge in [0.1, 0.15) is 11.4 Å². The van der Waals surface area contributed by atoms with Crippen molar-refractivity contribution in [2.24, 2.45) is 5.92 Å². The first kappa shape index (κ1) is 17.3. The SMILES string of the molecule is O=C(NCC(O)(c1ccco1)C1CC1)Nc1cccc(C(F)(F)F)c1. The third-order valence-electron chi connectivity index (χ3n) is 4.17. The number of hydrogen-bond donors (Lipinski definition) is 3. The number of aliphatic hydroxyl groups is 1. The van der Waals surface area contributed by atoms with Crippen LogP contribution in [0.2, 0.25) is 0 Å². The monoisotopic (exact) mass is 354 g/mol. The molecule has 0 radical (unpaired) electrons. The van der Waals surface area contributed by atoms with Crippen molar-refractivity contribution >= 4 is 11.7 Å². The van der Waals surface area contributed by atoms with Crippen LogP contribution in [0.25, 0.3) is 0 Å². The number of benzene rings is 1. The predicted molar refractivity (Wildman–Crippen MR) is 83.8 cm³/mol. The van der Waals surface area contributed by atoms with Crippen molar-refractivity contribution in [2.45, 2.75) is 24.6 Å². The van der Waals surface area contributed by atoms with Gasteiger partial charge in [0.05, 0.1) is 18.4 Å². The van der Waals surface area contributed by atoms with Crippen LogP contribution in [0, 0.1) is 5.92 Å². The van der Waals surface area contributed by atoms with E-state index in [1.807, 2.05) is 0 Å². The minimum Gasteiger partial charge on any atom is -0.466 e. The summed E-state index contributed by atoms with van der Waals surface area (Å²) in [5.74, 6) is 0.335. The van der Waals surface area contributed by atoms with Crippen LogP contribution in [-0.2, 0) is 11.8 Å². The van der Waals surface area contributed by atoms with Crippen LogP contribution in [0.3, 0.4) is 0 Å². The van der Waals surface area contributed by atoms with Gasteiger partial charge in [0.25, 0.3) is 0 Å². The zero-order valence-corrected chi connectivity index (χ0v) is 13.1. The molecule has 1 aliphatic carbocycles. The van der Waals surface area contributed by atoms with Gasteiger partial charge < -0.3 is 20.2 Å². The van der Waals surface area contributed by atoms with E-state index < -0.39 is 23.4 Å². The Labute approximate surface area is 141 Å². The maximum atomic E-state index is 12.7. The lowest BCUT2D eigenvalue weighted by Gasteiger charge is -2.26. The number of hydrogen-bond acceptors (Lipinski definition) is 3. The standard InChI is InChI=1S/C17H17F3N2O3/c18-17(19,20)12-3-1-4-13(9-12)22-15(23)21-10-16(24,11-6-7-11)14-5-2-8-25-14/h1-5,8-9,11,24H,6-7,10H2,(H2,21,22,23). The second kappa shape index (κ2) is 6.44. The molecule has 0 spiro atoms. The van der Waals surface area contributed by atoms with Crippen LogP contribution >= 0.6 is 0 Å². The molecule has 1 atom stereocenters. The molecule has 1 aromatic heterocycles. The van der Waals surface area contributed by atoms with Gasteiger partial charge in [-0.3, -0.25) is 0 Å². The molecule has 1 aromatic carbocycles. The van der Waals surface area contributed by atoms with Gasteiger partial charge in [-0.1, -0.05) is 6.07 Å². The number of halogens is 3. The zero-order valence-electron chi connectivity index (χ0n) is 13.1. The topological polar surface area (TPSA) is 74.5 Å². The maximum absolute atomic E-state index is 12.7. The molecule has 3 N–H and O–H groups in total. The molecule has 2 amide bonds. The first-order valence-corrected chi connectivity index (χ1v) is 7.77. The zero-order chi connectivity index (χ0) is 18.1. The van der Waals surface area contributed by atoms with Gasteiger partial charge in [-0.15, -0.1) is 0 Å².